The van der Waals surface area contributed by atoms with Gasteiger partial charge in [-0.25, -0.2) is 0 Å². The Balaban J connectivity index is 0.00000144. The highest BCUT2D eigenvalue weighted by Crippen LogP contribution is 2.23. The van der Waals surface area contributed by atoms with Crippen LogP contribution in [0.3, 0.4) is 0 Å². The van der Waals surface area contributed by atoms with Crippen LogP contribution in [0.1, 0.15) is 5.56 Å². The molecule has 0 amide bonds. The third-order valence-electron chi connectivity index (χ3n) is 2.26. The summed E-state index contributed by atoms with van der Waals surface area (Å²) in [5.74, 6) is 0.721. The Kier molecular flexibility index (Phi) is 5.32. The molecule has 0 aliphatic rings. The van der Waals surface area contributed by atoms with Crippen molar-refractivity contribution in [1.29, 1.82) is 0 Å². The van der Waals surface area contributed by atoms with E-state index in [1.165, 1.54) is 0 Å². The summed E-state index contributed by atoms with van der Waals surface area (Å²) in [4.78, 5) is 0. The first kappa shape index (κ1) is 13.9. The maximum absolute atomic E-state index is 5.79. The van der Waals surface area contributed by atoms with E-state index in [1.807, 2.05) is 48.5 Å². The predicted molar refractivity (Wildman–Crippen MR) is 76.6 cm³/mol. The third kappa shape index (κ3) is 3.65. The van der Waals surface area contributed by atoms with Gasteiger partial charge >= 0.3 is 0 Å². The molecule has 0 bridgehead atoms. The number of rotatable bonds is 3. The maximum Gasteiger partial charge on any atom is 0.142 e. The van der Waals surface area contributed by atoms with Gasteiger partial charge in [0.25, 0.3) is 0 Å². The molecule has 0 spiro atoms. The van der Waals surface area contributed by atoms with Gasteiger partial charge in [0.2, 0.25) is 0 Å². The van der Waals surface area contributed by atoms with E-state index in [-0.39, 0.29) is 12.4 Å². The second kappa shape index (κ2) is 6.52. The fraction of sp³-hybridized carbons (Fsp3) is 0.0769. The zero-order chi connectivity index (χ0) is 11.4. The molecule has 0 aromatic heterocycles. The summed E-state index contributed by atoms with van der Waals surface area (Å²) in [5, 5.41) is 0. The van der Waals surface area contributed by atoms with Crippen molar-refractivity contribution in [1.82, 2.24) is 0 Å². The molecule has 90 valence electrons. The molecule has 0 unspecified atom stereocenters. The van der Waals surface area contributed by atoms with Crippen molar-refractivity contribution >= 4 is 34.0 Å². The lowest BCUT2D eigenvalue weighted by Gasteiger charge is -2.09. The van der Waals surface area contributed by atoms with E-state index in [0.717, 1.165) is 15.8 Å². The molecular formula is C13H13BrClNO. The summed E-state index contributed by atoms with van der Waals surface area (Å²) in [6.45, 7) is 0.510. The zero-order valence-corrected chi connectivity index (χ0v) is 11.5. The summed E-state index contributed by atoms with van der Waals surface area (Å²) in [7, 11) is 0. The number of benzene rings is 2. The smallest absolute Gasteiger partial charge is 0.142 e. The first-order valence-electron chi connectivity index (χ1n) is 4.98. The fourth-order valence-corrected chi connectivity index (χ4v) is 1.78. The van der Waals surface area contributed by atoms with Crippen molar-refractivity contribution in [3.63, 3.8) is 0 Å². The average molecular weight is 315 g/mol. The average Bonchev–Trinajstić information content (AvgIpc) is 2.30. The number of para-hydroxylation sites is 2. The predicted octanol–water partition coefficient (Wildman–Crippen LogP) is 4.03. The molecule has 0 aliphatic heterocycles. The number of hydrogen-bond donors (Lipinski definition) is 1. The van der Waals surface area contributed by atoms with E-state index in [1.54, 1.807) is 0 Å². The first-order valence-corrected chi connectivity index (χ1v) is 5.77. The maximum atomic E-state index is 5.79. The molecule has 2 nitrogen and oxygen atoms in total. The lowest BCUT2D eigenvalue weighted by molar-refractivity contribution is 0.307. The van der Waals surface area contributed by atoms with E-state index in [2.05, 4.69) is 15.9 Å². The summed E-state index contributed by atoms with van der Waals surface area (Å²) in [6, 6.07) is 15.5. The van der Waals surface area contributed by atoms with Crippen molar-refractivity contribution in [2.75, 3.05) is 5.73 Å². The number of anilines is 1. The summed E-state index contributed by atoms with van der Waals surface area (Å²) < 4.78 is 6.69. The van der Waals surface area contributed by atoms with E-state index >= 15 is 0 Å². The van der Waals surface area contributed by atoms with Crippen molar-refractivity contribution in [2.45, 2.75) is 6.61 Å². The Morgan fingerprint density at radius 3 is 2.35 bits per heavy atom. The topological polar surface area (TPSA) is 35.2 Å². The molecule has 0 fully saturated rings. The van der Waals surface area contributed by atoms with Gasteiger partial charge < -0.3 is 10.5 Å². The number of nitrogens with two attached hydrogens (primary N) is 1. The second-order valence-corrected chi connectivity index (χ2v) is 4.27. The molecular weight excluding hydrogens is 302 g/mol. The molecule has 2 aromatic carbocycles. The largest absolute Gasteiger partial charge is 0.487 e. The van der Waals surface area contributed by atoms with E-state index < -0.39 is 0 Å². The molecule has 0 radical (unpaired) electrons. The first-order chi connectivity index (χ1) is 7.77. The van der Waals surface area contributed by atoms with Gasteiger partial charge in [0.1, 0.15) is 12.4 Å². The highest BCUT2D eigenvalue weighted by Gasteiger charge is 2.01. The molecule has 0 saturated carbocycles. The minimum atomic E-state index is 0. The van der Waals surface area contributed by atoms with Gasteiger partial charge in [-0.1, -0.05) is 46.3 Å². The van der Waals surface area contributed by atoms with Crippen LogP contribution < -0.4 is 10.5 Å². The minimum absolute atomic E-state index is 0. The molecule has 17 heavy (non-hydrogen) atoms. The Morgan fingerprint density at radius 2 is 1.65 bits per heavy atom. The van der Waals surface area contributed by atoms with Crippen LogP contribution >= 0.6 is 28.3 Å². The van der Waals surface area contributed by atoms with E-state index in [0.29, 0.717) is 12.3 Å². The summed E-state index contributed by atoms with van der Waals surface area (Å²) in [5.41, 5.74) is 7.55. The van der Waals surface area contributed by atoms with Gasteiger partial charge in [-0.15, -0.1) is 12.4 Å². The Morgan fingerprint density at radius 1 is 1.00 bits per heavy atom. The molecule has 2 N–H and O–H groups in total. The van der Waals surface area contributed by atoms with Crippen LogP contribution in [-0.2, 0) is 6.61 Å². The minimum Gasteiger partial charge on any atom is -0.487 e. The highest BCUT2D eigenvalue weighted by molar-refractivity contribution is 9.10. The van der Waals surface area contributed by atoms with Gasteiger partial charge in [-0.3, -0.25) is 0 Å². The number of halogens is 2. The monoisotopic (exact) mass is 313 g/mol. The van der Waals surface area contributed by atoms with E-state index in [9.17, 15) is 0 Å². The van der Waals surface area contributed by atoms with Crippen molar-refractivity contribution in [3.05, 3.63) is 58.6 Å². The van der Waals surface area contributed by atoms with Crippen molar-refractivity contribution in [3.8, 4) is 5.75 Å². The quantitative estimate of drug-likeness (QED) is 0.868. The third-order valence-corrected chi connectivity index (χ3v) is 3.03. The van der Waals surface area contributed by atoms with Crippen LogP contribution in [0.25, 0.3) is 0 Å². The number of hydrogen-bond acceptors (Lipinski definition) is 2. The molecule has 0 aliphatic carbocycles. The van der Waals surface area contributed by atoms with Gasteiger partial charge in [-0.05, 0) is 18.2 Å². The number of ether oxygens (including phenoxy) is 1. The number of nitrogen functional groups attached to an aromatic ring is 1. The Hall–Kier alpha value is -1.19. The standard InChI is InChI=1S/C13H12BrNO.ClH/c14-11-6-2-1-5-10(11)9-16-13-8-4-3-7-12(13)15;/h1-8H,9,15H2;1H. The van der Waals surface area contributed by atoms with Crippen LogP contribution in [0.2, 0.25) is 0 Å². The van der Waals surface area contributed by atoms with Gasteiger partial charge in [-0.2, -0.15) is 0 Å². The molecule has 2 aromatic rings. The van der Waals surface area contributed by atoms with Crippen LogP contribution in [0.15, 0.2) is 53.0 Å². The normalized spacial score (nSPS) is 9.47. The molecule has 4 heteroatoms. The molecule has 0 heterocycles. The molecule has 2 rings (SSSR count). The summed E-state index contributed by atoms with van der Waals surface area (Å²) >= 11 is 3.48. The van der Waals surface area contributed by atoms with E-state index in [4.69, 9.17) is 10.5 Å². The molecule has 0 atom stereocenters. The Labute approximate surface area is 115 Å². The Bertz CT molecular complexity index is 445. The zero-order valence-electron chi connectivity index (χ0n) is 9.10. The van der Waals surface area contributed by atoms with Crippen molar-refractivity contribution in [2.24, 2.45) is 0 Å². The van der Waals surface area contributed by atoms with Crippen LogP contribution in [0.4, 0.5) is 5.69 Å². The van der Waals surface area contributed by atoms with Gasteiger partial charge in [0.15, 0.2) is 0 Å². The second-order valence-electron chi connectivity index (χ2n) is 3.42. The SMILES string of the molecule is Cl.Nc1ccccc1OCc1ccccc1Br. The van der Waals surface area contributed by atoms with Crippen LogP contribution in [-0.4, -0.2) is 0 Å². The van der Waals surface area contributed by atoms with Crippen LogP contribution in [0.5, 0.6) is 5.75 Å². The lowest BCUT2D eigenvalue weighted by Crippen LogP contribution is -1.98. The van der Waals surface area contributed by atoms with Gasteiger partial charge in [0, 0.05) is 10.0 Å². The van der Waals surface area contributed by atoms with Crippen molar-refractivity contribution < 1.29 is 4.74 Å². The highest BCUT2D eigenvalue weighted by atomic mass is 79.9. The lowest BCUT2D eigenvalue weighted by atomic mass is 10.2. The molecule has 0 saturated heterocycles. The van der Waals surface area contributed by atoms with Gasteiger partial charge in [0.05, 0.1) is 5.69 Å². The summed E-state index contributed by atoms with van der Waals surface area (Å²) in [6.07, 6.45) is 0. The van der Waals surface area contributed by atoms with Crippen LogP contribution in [0, 0.1) is 0 Å². The fourth-order valence-electron chi connectivity index (χ4n) is 1.38.